The van der Waals surface area contributed by atoms with Crippen LogP contribution in [0, 0.1) is 0 Å². The maximum Gasteiger partial charge on any atom is 0.213 e. The highest BCUT2D eigenvalue weighted by atomic mass is 32.2. The van der Waals surface area contributed by atoms with Crippen molar-refractivity contribution in [2.75, 3.05) is 0 Å². The first-order chi connectivity index (χ1) is 7.75. The smallest absolute Gasteiger partial charge is 0.213 e. The van der Waals surface area contributed by atoms with E-state index in [1.807, 2.05) is 24.3 Å². The van der Waals surface area contributed by atoms with Crippen molar-refractivity contribution < 1.29 is 9.63 Å². The summed E-state index contributed by atoms with van der Waals surface area (Å²) >= 11 is 1.63. The predicted molar refractivity (Wildman–Crippen MR) is 60.9 cm³/mol. The molecule has 1 N–H and O–H groups in total. The largest absolute Gasteiger partial charge is 0.389 e. The zero-order valence-electron chi connectivity index (χ0n) is 8.83. The van der Waals surface area contributed by atoms with Gasteiger partial charge in [-0.15, -0.1) is 11.8 Å². The molecule has 16 heavy (non-hydrogen) atoms. The van der Waals surface area contributed by atoms with Crippen molar-refractivity contribution in [3.63, 3.8) is 0 Å². The second-order valence-electron chi connectivity index (χ2n) is 3.38. The molecule has 1 atom stereocenters. The molecular weight excluding hydrogens is 224 g/mol. The Morgan fingerprint density at radius 1 is 1.38 bits per heavy atom. The quantitative estimate of drug-likeness (QED) is 0.826. The van der Waals surface area contributed by atoms with Crippen LogP contribution in [0.1, 0.15) is 24.4 Å². The summed E-state index contributed by atoms with van der Waals surface area (Å²) in [5.74, 6) is 1.37. The summed E-state index contributed by atoms with van der Waals surface area (Å²) in [6.45, 7) is 1.75. The molecule has 2 rings (SSSR count). The van der Waals surface area contributed by atoms with Crippen molar-refractivity contribution in [1.29, 1.82) is 0 Å². The van der Waals surface area contributed by atoms with Crippen molar-refractivity contribution in [3.8, 4) is 0 Å². The van der Waals surface area contributed by atoms with Gasteiger partial charge in [0.05, 0.1) is 11.9 Å². The van der Waals surface area contributed by atoms with Gasteiger partial charge < -0.3 is 9.63 Å². The number of aliphatic hydroxyl groups is 1. The Morgan fingerprint density at radius 3 is 2.69 bits per heavy atom. The number of nitrogens with zero attached hydrogens (tertiary/aromatic N) is 2. The van der Waals surface area contributed by atoms with Gasteiger partial charge in [0.25, 0.3) is 0 Å². The van der Waals surface area contributed by atoms with E-state index in [2.05, 4.69) is 14.7 Å². The van der Waals surface area contributed by atoms with Crippen molar-refractivity contribution in [2.45, 2.75) is 23.7 Å². The molecular formula is C11H12N2O2S. The molecule has 0 bridgehead atoms. The number of hydrogen-bond donors (Lipinski definition) is 1. The summed E-state index contributed by atoms with van der Waals surface area (Å²) in [6.07, 6.45) is 0.906. The number of aromatic nitrogens is 2. The molecule has 1 aromatic carbocycles. The van der Waals surface area contributed by atoms with E-state index in [9.17, 15) is 5.11 Å². The predicted octanol–water partition coefficient (Wildman–Crippen LogP) is 2.42. The minimum atomic E-state index is -0.420. The molecule has 0 spiro atoms. The fourth-order valence-electron chi connectivity index (χ4n) is 1.25. The first kappa shape index (κ1) is 11.2. The molecule has 1 aromatic heterocycles. The lowest BCUT2D eigenvalue weighted by atomic mass is 10.1. The highest BCUT2D eigenvalue weighted by molar-refractivity contribution is 7.98. The molecule has 0 aliphatic rings. The molecule has 0 radical (unpaired) electrons. The second-order valence-corrected chi connectivity index (χ2v) is 4.43. The van der Waals surface area contributed by atoms with Crippen molar-refractivity contribution >= 4 is 11.8 Å². The molecule has 0 fully saturated rings. The third-order valence-electron chi connectivity index (χ3n) is 2.14. The third kappa shape index (κ3) is 2.84. The van der Waals surface area contributed by atoms with Gasteiger partial charge >= 0.3 is 0 Å². The highest BCUT2D eigenvalue weighted by Crippen LogP contribution is 2.23. The van der Waals surface area contributed by atoms with Crippen LogP contribution in [0.15, 0.2) is 40.1 Å². The minimum absolute atomic E-state index is 0.420. The standard InChI is InChI=1S/C11H12N2O2S/c1-8(14)9-2-4-10(5-3-9)16-6-11-12-7-15-13-11/h2-5,7-8,14H,6H2,1H3. The number of thioether (sulfide) groups is 1. The van der Waals surface area contributed by atoms with Gasteiger partial charge in [-0.1, -0.05) is 17.3 Å². The molecule has 0 amide bonds. The van der Waals surface area contributed by atoms with Gasteiger partial charge in [-0.05, 0) is 24.6 Å². The minimum Gasteiger partial charge on any atom is -0.389 e. The molecule has 1 unspecified atom stereocenters. The van der Waals surface area contributed by atoms with Crippen molar-refractivity contribution in [2.24, 2.45) is 0 Å². The first-order valence-corrected chi connectivity index (χ1v) is 5.90. The first-order valence-electron chi connectivity index (χ1n) is 4.92. The number of rotatable bonds is 4. The van der Waals surface area contributed by atoms with Crippen molar-refractivity contribution in [1.82, 2.24) is 10.1 Å². The number of benzene rings is 1. The molecule has 5 heteroatoms. The number of aliphatic hydroxyl groups excluding tert-OH is 1. The molecule has 0 saturated heterocycles. The average Bonchev–Trinajstić information content (AvgIpc) is 2.80. The van der Waals surface area contributed by atoms with Gasteiger partial charge in [-0.2, -0.15) is 4.98 Å². The summed E-state index contributed by atoms with van der Waals surface area (Å²) < 4.78 is 4.65. The second kappa shape index (κ2) is 5.14. The van der Waals surface area contributed by atoms with E-state index in [4.69, 9.17) is 0 Å². The molecule has 4 nitrogen and oxygen atoms in total. The lowest BCUT2D eigenvalue weighted by Gasteiger charge is -2.05. The molecule has 2 aromatic rings. The monoisotopic (exact) mass is 236 g/mol. The van der Waals surface area contributed by atoms with E-state index in [0.717, 1.165) is 10.5 Å². The summed E-state index contributed by atoms with van der Waals surface area (Å²) in [4.78, 5) is 5.06. The van der Waals surface area contributed by atoms with Crippen LogP contribution in [-0.2, 0) is 5.75 Å². The molecule has 0 saturated carbocycles. The molecule has 0 aliphatic heterocycles. The SMILES string of the molecule is CC(O)c1ccc(SCc2ncon2)cc1. The maximum atomic E-state index is 9.36. The summed E-state index contributed by atoms with van der Waals surface area (Å²) in [5, 5.41) is 13.1. The fourth-order valence-corrected chi connectivity index (χ4v) is 2.00. The molecule has 0 aliphatic carbocycles. The van der Waals surface area contributed by atoms with Gasteiger partial charge in [0.15, 0.2) is 5.82 Å². The summed E-state index contributed by atoms with van der Waals surface area (Å²) in [7, 11) is 0. The Bertz CT molecular complexity index is 426. The van der Waals surface area contributed by atoms with Gasteiger partial charge in [-0.3, -0.25) is 0 Å². The van der Waals surface area contributed by atoms with E-state index in [1.54, 1.807) is 18.7 Å². The van der Waals surface area contributed by atoms with E-state index in [-0.39, 0.29) is 0 Å². The third-order valence-corrected chi connectivity index (χ3v) is 3.15. The zero-order valence-corrected chi connectivity index (χ0v) is 9.65. The van der Waals surface area contributed by atoms with Crippen molar-refractivity contribution in [3.05, 3.63) is 42.0 Å². The van der Waals surface area contributed by atoms with Crippen LogP contribution in [-0.4, -0.2) is 15.2 Å². The van der Waals surface area contributed by atoms with Gasteiger partial charge in [0, 0.05) is 4.90 Å². The van der Waals surface area contributed by atoms with E-state index < -0.39 is 6.10 Å². The summed E-state index contributed by atoms with van der Waals surface area (Å²) in [5.41, 5.74) is 0.920. The average molecular weight is 236 g/mol. The van der Waals surface area contributed by atoms with Crippen LogP contribution in [0.5, 0.6) is 0 Å². The van der Waals surface area contributed by atoms with Gasteiger partial charge in [-0.25, -0.2) is 0 Å². The summed E-state index contributed by atoms with van der Waals surface area (Å²) in [6, 6.07) is 7.80. The Kier molecular flexibility index (Phi) is 3.58. The Morgan fingerprint density at radius 2 is 2.12 bits per heavy atom. The van der Waals surface area contributed by atoms with Crippen LogP contribution >= 0.6 is 11.8 Å². The topological polar surface area (TPSA) is 59.2 Å². The lowest BCUT2D eigenvalue weighted by molar-refractivity contribution is 0.199. The highest BCUT2D eigenvalue weighted by Gasteiger charge is 2.02. The number of hydrogen-bond acceptors (Lipinski definition) is 5. The molecule has 1 heterocycles. The Hall–Kier alpha value is -1.33. The zero-order chi connectivity index (χ0) is 11.4. The maximum absolute atomic E-state index is 9.36. The molecule has 84 valence electrons. The van der Waals surface area contributed by atoms with Crippen LogP contribution in [0.4, 0.5) is 0 Å². The van der Waals surface area contributed by atoms with Gasteiger partial charge in [0.1, 0.15) is 0 Å². The van der Waals surface area contributed by atoms with E-state index >= 15 is 0 Å². The van der Waals surface area contributed by atoms with Crippen LogP contribution in [0.3, 0.4) is 0 Å². The van der Waals surface area contributed by atoms with Crippen LogP contribution in [0.2, 0.25) is 0 Å². The normalized spacial score (nSPS) is 12.6. The Labute approximate surface area is 97.7 Å². The van der Waals surface area contributed by atoms with E-state index in [0.29, 0.717) is 11.6 Å². The van der Waals surface area contributed by atoms with Gasteiger partial charge in [0.2, 0.25) is 6.39 Å². The van der Waals surface area contributed by atoms with Crippen LogP contribution < -0.4 is 0 Å². The van der Waals surface area contributed by atoms with Crippen LogP contribution in [0.25, 0.3) is 0 Å². The lowest BCUT2D eigenvalue weighted by Crippen LogP contribution is -1.90. The Balaban J connectivity index is 1.95. The fraction of sp³-hybridized carbons (Fsp3) is 0.273. The van der Waals surface area contributed by atoms with E-state index in [1.165, 1.54) is 6.39 Å².